The number of guanidine groups is 1. The van der Waals surface area contributed by atoms with Crippen LogP contribution in [0.2, 0.25) is 0 Å². The van der Waals surface area contributed by atoms with Crippen molar-refractivity contribution in [2.75, 3.05) is 37.7 Å². The Morgan fingerprint density at radius 2 is 2.08 bits per heavy atom. The maximum Gasteiger partial charge on any atom is 0.265 e. The van der Waals surface area contributed by atoms with Crippen LogP contribution in [0.15, 0.2) is 29.3 Å². The first kappa shape index (κ1) is 22.5. The molecule has 146 valence electrons. The third kappa shape index (κ3) is 7.01. The Bertz CT molecular complexity index is 593. The van der Waals surface area contributed by atoms with Gasteiger partial charge in [-0.25, -0.2) is 0 Å². The highest BCUT2D eigenvalue weighted by atomic mass is 127. The minimum Gasteiger partial charge on any atom is -0.482 e. The van der Waals surface area contributed by atoms with Gasteiger partial charge in [-0.15, -0.1) is 24.0 Å². The highest BCUT2D eigenvalue weighted by molar-refractivity contribution is 14.0. The zero-order valence-corrected chi connectivity index (χ0v) is 18.3. The Morgan fingerprint density at radius 3 is 2.81 bits per heavy atom. The highest BCUT2D eigenvalue weighted by Crippen LogP contribution is 2.31. The van der Waals surface area contributed by atoms with Gasteiger partial charge < -0.3 is 20.3 Å². The number of para-hydroxylation sites is 2. The molecule has 2 rings (SSSR count). The van der Waals surface area contributed by atoms with Gasteiger partial charge in [0.2, 0.25) is 0 Å². The lowest BCUT2D eigenvalue weighted by Gasteiger charge is -2.29. The van der Waals surface area contributed by atoms with E-state index in [4.69, 9.17) is 4.74 Å². The number of ether oxygens (including phenoxy) is 1. The van der Waals surface area contributed by atoms with Gasteiger partial charge in [0.15, 0.2) is 12.6 Å². The molecule has 0 unspecified atom stereocenters. The van der Waals surface area contributed by atoms with Gasteiger partial charge in [0, 0.05) is 26.2 Å². The number of benzene rings is 1. The first-order valence-electron chi connectivity index (χ1n) is 9.16. The monoisotopic (exact) mass is 474 g/mol. The second-order valence-corrected chi connectivity index (χ2v) is 6.53. The van der Waals surface area contributed by atoms with Crippen LogP contribution in [0.3, 0.4) is 0 Å². The van der Waals surface area contributed by atoms with Crippen LogP contribution in [0.25, 0.3) is 0 Å². The molecule has 0 aliphatic carbocycles. The Kier molecular flexibility index (Phi) is 10.4. The van der Waals surface area contributed by atoms with Crippen LogP contribution in [0, 0.1) is 5.92 Å². The standard InChI is InChI=1S/C19H30N4O2.HI/c1-4-20-19(22-12-10-15(2)3)21-11-7-13-23-16-8-5-6-9-17(16)25-14-18(23)24;/h5-6,8-9,15H,4,7,10-14H2,1-3H3,(H2,20,21,22);1H. The second-order valence-electron chi connectivity index (χ2n) is 6.53. The maximum atomic E-state index is 12.1. The number of rotatable bonds is 8. The van der Waals surface area contributed by atoms with Gasteiger partial charge in [-0.1, -0.05) is 26.0 Å². The van der Waals surface area contributed by atoms with Crippen LogP contribution in [0.4, 0.5) is 5.69 Å². The molecule has 6 nitrogen and oxygen atoms in total. The van der Waals surface area contributed by atoms with Crippen LogP contribution in [-0.2, 0) is 4.79 Å². The van der Waals surface area contributed by atoms with Crippen molar-refractivity contribution >= 4 is 41.5 Å². The minimum absolute atomic E-state index is 0. The van der Waals surface area contributed by atoms with E-state index in [2.05, 4.69) is 36.4 Å². The Morgan fingerprint density at radius 1 is 1.31 bits per heavy atom. The number of fused-ring (bicyclic) bond motifs is 1. The molecular formula is C19H31IN4O2. The zero-order chi connectivity index (χ0) is 18.1. The van der Waals surface area contributed by atoms with Crippen LogP contribution in [0.1, 0.15) is 33.6 Å². The Hall–Kier alpha value is -1.51. The fourth-order valence-electron chi connectivity index (χ4n) is 2.64. The molecule has 26 heavy (non-hydrogen) atoms. The molecule has 1 aromatic carbocycles. The van der Waals surface area contributed by atoms with E-state index in [1.54, 1.807) is 4.90 Å². The minimum atomic E-state index is 0. The summed E-state index contributed by atoms with van der Waals surface area (Å²) in [5.41, 5.74) is 0.852. The summed E-state index contributed by atoms with van der Waals surface area (Å²) in [7, 11) is 0. The maximum absolute atomic E-state index is 12.1. The fraction of sp³-hybridized carbons (Fsp3) is 0.579. The van der Waals surface area contributed by atoms with Crippen molar-refractivity contribution in [1.29, 1.82) is 0 Å². The van der Waals surface area contributed by atoms with E-state index in [1.165, 1.54) is 0 Å². The quantitative estimate of drug-likeness (QED) is 0.263. The third-order valence-corrected chi connectivity index (χ3v) is 3.98. The molecule has 0 saturated carbocycles. The van der Waals surface area contributed by atoms with Gasteiger partial charge >= 0.3 is 0 Å². The number of hydrogen-bond acceptors (Lipinski definition) is 3. The van der Waals surface area contributed by atoms with Crippen molar-refractivity contribution in [2.24, 2.45) is 10.9 Å². The van der Waals surface area contributed by atoms with Crippen LogP contribution in [0.5, 0.6) is 5.75 Å². The Labute approximate surface area is 173 Å². The number of carbonyl (C=O) groups is 1. The number of halogens is 1. The van der Waals surface area contributed by atoms with E-state index >= 15 is 0 Å². The molecule has 0 radical (unpaired) electrons. The predicted octanol–water partition coefficient (Wildman–Crippen LogP) is 3.02. The number of nitrogens with one attached hydrogen (secondary N) is 2. The molecule has 1 amide bonds. The van der Waals surface area contributed by atoms with E-state index < -0.39 is 0 Å². The second kappa shape index (κ2) is 12.0. The normalized spacial score (nSPS) is 13.8. The summed E-state index contributed by atoms with van der Waals surface area (Å²) in [4.78, 5) is 18.5. The SMILES string of the molecule is CCNC(=NCCCN1C(=O)COc2ccccc21)NCCC(C)C.I. The van der Waals surface area contributed by atoms with Crippen molar-refractivity contribution in [2.45, 2.75) is 33.6 Å². The van der Waals surface area contributed by atoms with E-state index in [-0.39, 0.29) is 36.5 Å². The van der Waals surface area contributed by atoms with Gasteiger partial charge in [-0.3, -0.25) is 9.79 Å². The van der Waals surface area contributed by atoms with Crippen LogP contribution < -0.4 is 20.3 Å². The molecule has 0 saturated heterocycles. The van der Waals surface area contributed by atoms with E-state index in [0.717, 1.165) is 43.3 Å². The molecule has 0 spiro atoms. The molecule has 2 N–H and O–H groups in total. The topological polar surface area (TPSA) is 66.0 Å². The molecule has 1 aromatic rings. The molecule has 0 fully saturated rings. The van der Waals surface area contributed by atoms with Crippen molar-refractivity contribution in [3.05, 3.63) is 24.3 Å². The molecule has 1 aliphatic rings. The van der Waals surface area contributed by atoms with E-state index in [0.29, 0.717) is 19.0 Å². The molecule has 0 aromatic heterocycles. The average Bonchev–Trinajstić information content (AvgIpc) is 2.59. The molecule has 7 heteroatoms. The molecule has 0 bridgehead atoms. The summed E-state index contributed by atoms with van der Waals surface area (Å²) in [6, 6.07) is 7.67. The number of carbonyl (C=O) groups excluding carboxylic acids is 1. The Balaban J connectivity index is 0.00000338. The summed E-state index contributed by atoms with van der Waals surface area (Å²) >= 11 is 0. The lowest BCUT2D eigenvalue weighted by Crippen LogP contribution is -2.40. The highest BCUT2D eigenvalue weighted by Gasteiger charge is 2.24. The van der Waals surface area contributed by atoms with Crippen molar-refractivity contribution in [1.82, 2.24) is 10.6 Å². The summed E-state index contributed by atoms with van der Waals surface area (Å²) in [5, 5.41) is 6.61. The van der Waals surface area contributed by atoms with Crippen molar-refractivity contribution < 1.29 is 9.53 Å². The average molecular weight is 474 g/mol. The summed E-state index contributed by atoms with van der Waals surface area (Å²) in [6.07, 6.45) is 1.92. The number of aliphatic imine (C=N–C) groups is 1. The van der Waals surface area contributed by atoms with Crippen LogP contribution >= 0.6 is 24.0 Å². The first-order chi connectivity index (χ1) is 12.1. The smallest absolute Gasteiger partial charge is 0.265 e. The van der Waals surface area contributed by atoms with E-state index in [1.807, 2.05) is 24.3 Å². The molecule has 1 heterocycles. The number of amides is 1. The third-order valence-electron chi connectivity index (χ3n) is 3.98. The van der Waals surface area contributed by atoms with Gasteiger partial charge in [0.1, 0.15) is 5.75 Å². The first-order valence-corrected chi connectivity index (χ1v) is 9.16. The van der Waals surface area contributed by atoms with Crippen molar-refractivity contribution in [3.8, 4) is 5.75 Å². The summed E-state index contributed by atoms with van der Waals surface area (Å²) < 4.78 is 5.47. The molecular weight excluding hydrogens is 443 g/mol. The zero-order valence-electron chi connectivity index (χ0n) is 16.0. The van der Waals surface area contributed by atoms with Gasteiger partial charge in [0.05, 0.1) is 5.69 Å². The lowest BCUT2D eigenvalue weighted by molar-refractivity contribution is -0.121. The summed E-state index contributed by atoms with van der Waals surface area (Å²) in [5.74, 6) is 2.29. The number of hydrogen-bond donors (Lipinski definition) is 2. The molecule has 0 atom stereocenters. The van der Waals surface area contributed by atoms with Gasteiger partial charge in [0.25, 0.3) is 5.91 Å². The van der Waals surface area contributed by atoms with Gasteiger partial charge in [-0.05, 0) is 37.8 Å². The van der Waals surface area contributed by atoms with E-state index in [9.17, 15) is 4.79 Å². The number of anilines is 1. The number of nitrogens with zero attached hydrogens (tertiary/aromatic N) is 2. The largest absolute Gasteiger partial charge is 0.482 e. The van der Waals surface area contributed by atoms with Crippen LogP contribution in [-0.4, -0.2) is 44.7 Å². The predicted molar refractivity (Wildman–Crippen MR) is 118 cm³/mol. The fourth-order valence-corrected chi connectivity index (χ4v) is 2.64. The van der Waals surface area contributed by atoms with Crippen molar-refractivity contribution in [3.63, 3.8) is 0 Å². The lowest BCUT2D eigenvalue weighted by atomic mass is 10.1. The van der Waals surface area contributed by atoms with Gasteiger partial charge in [-0.2, -0.15) is 0 Å². The molecule has 1 aliphatic heterocycles. The summed E-state index contributed by atoms with van der Waals surface area (Å²) in [6.45, 7) is 9.66.